The van der Waals surface area contributed by atoms with Crippen LogP contribution in [0.1, 0.15) is 23.5 Å². The van der Waals surface area contributed by atoms with Crippen molar-refractivity contribution in [3.05, 3.63) is 65.5 Å². The predicted molar refractivity (Wildman–Crippen MR) is 102 cm³/mol. The van der Waals surface area contributed by atoms with Crippen LogP contribution >= 0.6 is 11.3 Å². The van der Waals surface area contributed by atoms with Crippen molar-refractivity contribution in [1.82, 2.24) is 0 Å². The molecule has 128 valence electrons. The molecule has 0 atom stereocenters. The normalized spacial score (nSPS) is 10.7. The average molecular weight is 353 g/mol. The molecule has 0 saturated carbocycles. The second-order valence-electron chi connectivity index (χ2n) is 5.86. The first kappa shape index (κ1) is 17.0. The van der Waals surface area contributed by atoms with Gasteiger partial charge < -0.3 is 15.2 Å². The van der Waals surface area contributed by atoms with Gasteiger partial charge in [0.05, 0.1) is 11.0 Å². The Kier molecular flexibility index (Phi) is 5.05. The third-order valence-electron chi connectivity index (χ3n) is 3.47. The Balaban J connectivity index is 1.71. The molecule has 0 spiro atoms. The van der Waals surface area contributed by atoms with E-state index in [9.17, 15) is 9.90 Å². The standard InChI is InChI=1S/C20H19NO3S/c1-13(2)24-17-9-3-14(4-10-17)18-11-12-19(25-18)20(23)21-15-5-7-16(22)8-6-15/h3-13,22H,1-2H3,(H,21,23). The fraction of sp³-hybridized carbons (Fsp3) is 0.150. The van der Waals surface area contributed by atoms with Crippen LogP contribution in [0, 0.1) is 0 Å². The molecule has 1 amide bonds. The van der Waals surface area contributed by atoms with E-state index in [2.05, 4.69) is 5.32 Å². The van der Waals surface area contributed by atoms with Crippen LogP contribution in [0.4, 0.5) is 5.69 Å². The van der Waals surface area contributed by atoms with Gasteiger partial charge in [-0.25, -0.2) is 0 Å². The molecule has 1 aromatic heterocycles. The Morgan fingerprint density at radius 2 is 1.68 bits per heavy atom. The van der Waals surface area contributed by atoms with Crippen molar-refractivity contribution in [3.63, 3.8) is 0 Å². The Morgan fingerprint density at radius 3 is 2.32 bits per heavy atom. The first-order chi connectivity index (χ1) is 12.0. The molecule has 2 aromatic carbocycles. The van der Waals surface area contributed by atoms with E-state index >= 15 is 0 Å². The van der Waals surface area contributed by atoms with Gasteiger partial charge in [0, 0.05) is 10.6 Å². The van der Waals surface area contributed by atoms with Gasteiger partial charge in [0.1, 0.15) is 11.5 Å². The third kappa shape index (κ3) is 4.39. The summed E-state index contributed by atoms with van der Waals surface area (Å²) in [7, 11) is 0. The number of nitrogens with one attached hydrogen (secondary N) is 1. The number of phenolic OH excluding ortho intramolecular Hbond substituents is 1. The Hall–Kier alpha value is -2.79. The van der Waals surface area contributed by atoms with Crippen molar-refractivity contribution in [3.8, 4) is 21.9 Å². The van der Waals surface area contributed by atoms with Gasteiger partial charge in [-0.2, -0.15) is 0 Å². The largest absolute Gasteiger partial charge is 0.508 e. The molecule has 0 aliphatic rings. The van der Waals surface area contributed by atoms with Crippen molar-refractivity contribution in [2.24, 2.45) is 0 Å². The summed E-state index contributed by atoms with van der Waals surface area (Å²) in [5.41, 5.74) is 1.69. The molecular weight excluding hydrogens is 334 g/mol. The summed E-state index contributed by atoms with van der Waals surface area (Å²) in [4.78, 5) is 14.0. The summed E-state index contributed by atoms with van der Waals surface area (Å²) in [6.45, 7) is 3.98. The highest BCUT2D eigenvalue weighted by Crippen LogP contribution is 2.30. The quantitative estimate of drug-likeness (QED) is 0.623. The maximum absolute atomic E-state index is 12.3. The average Bonchev–Trinajstić information content (AvgIpc) is 3.07. The highest BCUT2D eigenvalue weighted by atomic mass is 32.1. The second-order valence-corrected chi connectivity index (χ2v) is 6.94. The molecule has 0 aliphatic heterocycles. The monoisotopic (exact) mass is 353 g/mol. The number of carbonyl (C=O) groups is 1. The number of amides is 1. The summed E-state index contributed by atoms with van der Waals surface area (Å²) >= 11 is 1.43. The molecule has 0 fully saturated rings. The van der Waals surface area contributed by atoms with Crippen LogP contribution in [0.15, 0.2) is 60.7 Å². The lowest BCUT2D eigenvalue weighted by Gasteiger charge is -2.09. The molecule has 0 radical (unpaired) electrons. The number of benzene rings is 2. The van der Waals surface area contributed by atoms with Crippen molar-refractivity contribution >= 4 is 22.9 Å². The molecule has 4 nitrogen and oxygen atoms in total. The summed E-state index contributed by atoms with van der Waals surface area (Å²) in [6, 6.07) is 18.0. The zero-order valence-corrected chi connectivity index (χ0v) is 14.8. The van der Waals surface area contributed by atoms with E-state index in [1.807, 2.05) is 50.2 Å². The molecule has 1 heterocycles. The van der Waals surface area contributed by atoms with Gasteiger partial charge in [-0.15, -0.1) is 11.3 Å². The zero-order valence-electron chi connectivity index (χ0n) is 14.0. The first-order valence-electron chi connectivity index (χ1n) is 7.98. The molecule has 25 heavy (non-hydrogen) atoms. The number of hydrogen-bond acceptors (Lipinski definition) is 4. The minimum absolute atomic E-state index is 0.141. The van der Waals surface area contributed by atoms with Gasteiger partial charge in [0.2, 0.25) is 0 Å². The number of phenols is 1. The smallest absolute Gasteiger partial charge is 0.265 e. The van der Waals surface area contributed by atoms with Crippen molar-refractivity contribution in [1.29, 1.82) is 0 Å². The van der Waals surface area contributed by atoms with E-state index < -0.39 is 0 Å². The van der Waals surface area contributed by atoms with E-state index in [1.54, 1.807) is 12.1 Å². The number of aromatic hydroxyl groups is 1. The van der Waals surface area contributed by atoms with E-state index in [4.69, 9.17) is 4.74 Å². The Labute approximate surface area is 150 Å². The molecule has 0 bridgehead atoms. The SMILES string of the molecule is CC(C)Oc1ccc(-c2ccc(C(=O)Nc3ccc(O)cc3)s2)cc1. The molecule has 3 rings (SSSR count). The molecule has 0 saturated heterocycles. The first-order valence-corrected chi connectivity index (χ1v) is 8.80. The number of rotatable bonds is 5. The number of ether oxygens (including phenoxy) is 1. The molecule has 0 aliphatic carbocycles. The minimum atomic E-state index is -0.165. The highest BCUT2D eigenvalue weighted by molar-refractivity contribution is 7.17. The fourth-order valence-corrected chi connectivity index (χ4v) is 3.23. The van der Waals surface area contributed by atoms with Gasteiger partial charge in [0.25, 0.3) is 5.91 Å². The van der Waals surface area contributed by atoms with Crippen molar-refractivity contribution in [2.45, 2.75) is 20.0 Å². The van der Waals surface area contributed by atoms with Crippen LogP contribution < -0.4 is 10.1 Å². The van der Waals surface area contributed by atoms with E-state index in [-0.39, 0.29) is 17.8 Å². The summed E-state index contributed by atoms with van der Waals surface area (Å²) in [6.07, 6.45) is 0.141. The molecule has 2 N–H and O–H groups in total. The molecular formula is C20H19NO3S. The maximum Gasteiger partial charge on any atom is 0.265 e. The van der Waals surface area contributed by atoms with Crippen LogP contribution in [-0.2, 0) is 0 Å². The van der Waals surface area contributed by atoms with Crippen LogP contribution in [0.2, 0.25) is 0 Å². The molecule has 5 heteroatoms. The van der Waals surface area contributed by atoms with Crippen molar-refractivity contribution in [2.75, 3.05) is 5.32 Å². The lowest BCUT2D eigenvalue weighted by atomic mass is 10.2. The highest BCUT2D eigenvalue weighted by Gasteiger charge is 2.11. The number of hydrogen-bond donors (Lipinski definition) is 2. The van der Waals surface area contributed by atoms with E-state index in [1.165, 1.54) is 23.5 Å². The Bertz CT molecular complexity index is 851. The van der Waals surface area contributed by atoms with Gasteiger partial charge in [0.15, 0.2) is 0 Å². The summed E-state index contributed by atoms with van der Waals surface area (Å²) in [5.74, 6) is 0.837. The Morgan fingerprint density at radius 1 is 1.00 bits per heavy atom. The zero-order chi connectivity index (χ0) is 17.8. The van der Waals surface area contributed by atoms with Gasteiger partial charge >= 0.3 is 0 Å². The minimum Gasteiger partial charge on any atom is -0.508 e. The van der Waals surface area contributed by atoms with Gasteiger partial charge in [-0.3, -0.25) is 4.79 Å². The van der Waals surface area contributed by atoms with E-state index in [0.717, 1.165) is 16.2 Å². The second kappa shape index (κ2) is 7.40. The third-order valence-corrected chi connectivity index (χ3v) is 4.60. The van der Waals surface area contributed by atoms with Gasteiger partial charge in [-0.1, -0.05) is 0 Å². The summed E-state index contributed by atoms with van der Waals surface area (Å²) < 4.78 is 5.64. The van der Waals surface area contributed by atoms with Crippen LogP contribution in [0.3, 0.4) is 0 Å². The van der Waals surface area contributed by atoms with Crippen LogP contribution in [0.25, 0.3) is 10.4 Å². The molecule has 0 unspecified atom stereocenters. The van der Waals surface area contributed by atoms with Crippen LogP contribution in [0.5, 0.6) is 11.5 Å². The van der Waals surface area contributed by atoms with Gasteiger partial charge in [-0.05, 0) is 80.1 Å². The topological polar surface area (TPSA) is 58.6 Å². The maximum atomic E-state index is 12.3. The number of thiophene rings is 1. The summed E-state index contributed by atoms with van der Waals surface area (Å²) in [5, 5.41) is 12.1. The van der Waals surface area contributed by atoms with E-state index in [0.29, 0.717) is 10.6 Å². The predicted octanol–water partition coefficient (Wildman–Crippen LogP) is 5.16. The number of carbonyl (C=O) groups excluding carboxylic acids is 1. The fourth-order valence-electron chi connectivity index (χ4n) is 2.32. The lowest BCUT2D eigenvalue weighted by Crippen LogP contribution is -2.09. The lowest BCUT2D eigenvalue weighted by molar-refractivity contribution is 0.103. The number of anilines is 1. The van der Waals surface area contributed by atoms with Crippen molar-refractivity contribution < 1.29 is 14.6 Å². The molecule has 3 aromatic rings. The van der Waals surface area contributed by atoms with Crippen LogP contribution in [-0.4, -0.2) is 17.1 Å².